The summed E-state index contributed by atoms with van der Waals surface area (Å²) in [6, 6.07) is 2.54. The highest BCUT2D eigenvalue weighted by molar-refractivity contribution is 6.30. The van der Waals surface area contributed by atoms with E-state index in [0.29, 0.717) is 0 Å². The van der Waals surface area contributed by atoms with E-state index in [2.05, 4.69) is 4.98 Å². The van der Waals surface area contributed by atoms with Crippen LogP contribution in [0.15, 0.2) is 12.3 Å². The molecule has 4 nitrogen and oxygen atoms in total. The van der Waals surface area contributed by atoms with Crippen molar-refractivity contribution in [1.29, 1.82) is 5.26 Å². The van der Waals surface area contributed by atoms with E-state index in [1.54, 1.807) is 0 Å². The van der Waals surface area contributed by atoms with Gasteiger partial charge in [0.15, 0.2) is 6.10 Å². The van der Waals surface area contributed by atoms with Crippen molar-refractivity contribution in [2.75, 3.05) is 0 Å². The fourth-order valence-electron chi connectivity index (χ4n) is 0.851. The van der Waals surface area contributed by atoms with Gasteiger partial charge in [-0.15, -0.1) is 0 Å². The predicted molar refractivity (Wildman–Crippen MR) is 45.8 cm³/mol. The molecule has 0 aromatic carbocycles. The van der Waals surface area contributed by atoms with Crippen molar-refractivity contribution in [2.24, 2.45) is 0 Å². The van der Waals surface area contributed by atoms with Crippen LogP contribution >= 0.6 is 11.6 Å². The maximum absolute atomic E-state index is 12.6. The molecule has 0 radical (unpaired) electrons. The van der Waals surface area contributed by atoms with Crippen LogP contribution in [-0.2, 0) is 0 Å². The standard InChI is InChI=1S/C8H6ClFN2O2/c9-5-1-4(3-12-8(5)10)7(14)6(13)2-11/h1,3,6-7,13-14H. The van der Waals surface area contributed by atoms with Crippen molar-refractivity contribution in [3.63, 3.8) is 0 Å². The van der Waals surface area contributed by atoms with E-state index in [4.69, 9.17) is 22.0 Å². The zero-order chi connectivity index (χ0) is 10.7. The van der Waals surface area contributed by atoms with Crippen molar-refractivity contribution in [3.05, 3.63) is 28.8 Å². The Morgan fingerprint density at radius 1 is 1.57 bits per heavy atom. The molecule has 0 saturated carbocycles. The van der Waals surface area contributed by atoms with E-state index < -0.39 is 18.2 Å². The second-order valence-corrected chi connectivity index (χ2v) is 2.97. The van der Waals surface area contributed by atoms with Gasteiger partial charge in [0.05, 0.1) is 11.1 Å². The zero-order valence-corrected chi connectivity index (χ0v) is 7.61. The summed E-state index contributed by atoms with van der Waals surface area (Å²) >= 11 is 5.39. The minimum Gasteiger partial charge on any atom is -0.384 e. The van der Waals surface area contributed by atoms with E-state index in [-0.39, 0.29) is 10.6 Å². The van der Waals surface area contributed by atoms with E-state index in [9.17, 15) is 9.50 Å². The Balaban J connectivity index is 2.98. The summed E-state index contributed by atoms with van der Waals surface area (Å²) in [6.45, 7) is 0. The fraction of sp³-hybridized carbons (Fsp3) is 0.250. The lowest BCUT2D eigenvalue weighted by molar-refractivity contribution is 0.0525. The molecular weight excluding hydrogens is 211 g/mol. The third kappa shape index (κ3) is 2.17. The largest absolute Gasteiger partial charge is 0.384 e. The second-order valence-electron chi connectivity index (χ2n) is 2.56. The average Bonchev–Trinajstić information content (AvgIpc) is 2.20. The molecule has 0 fully saturated rings. The number of nitriles is 1. The quantitative estimate of drug-likeness (QED) is 0.566. The molecule has 0 amide bonds. The number of rotatable bonds is 2. The van der Waals surface area contributed by atoms with E-state index in [1.165, 1.54) is 6.07 Å². The molecule has 0 bridgehead atoms. The summed E-state index contributed by atoms with van der Waals surface area (Å²) in [6.07, 6.45) is -2.02. The SMILES string of the molecule is N#CC(O)C(O)c1cnc(F)c(Cl)c1. The molecule has 0 saturated heterocycles. The molecule has 0 aliphatic rings. The smallest absolute Gasteiger partial charge is 0.231 e. The lowest BCUT2D eigenvalue weighted by Crippen LogP contribution is -2.16. The highest BCUT2D eigenvalue weighted by atomic mass is 35.5. The summed E-state index contributed by atoms with van der Waals surface area (Å²) in [5.41, 5.74) is 0.0884. The van der Waals surface area contributed by atoms with Gasteiger partial charge in [-0.2, -0.15) is 9.65 Å². The maximum atomic E-state index is 12.6. The maximum Gasteiger partial charge on any atom is 0.231 e. The second kappa shape index (κ2) is 4.33. The Hall–Kier alpha value is -1.22. The predicted octanol–water partition coefficient (Wildman–Crippen LogP) is 0.792. The lowest BCUT2D eigenvalue weighted by atomic mass is 10.1. The van der Waals surface area contributed by atoms with Crippen LogP contribution in [0.2, 0.25) is 5.02 Å². The van der Waals surface area contributed by atoms with Gasteiger partial charge in [-0.05, 0) is 6.07 Å². The van der Waals surface area contributed by atoms with Crippen LogP contribution < -0.4 is 0 Å². The first kappa shape index (κ1) is 10.9. The summed E-state index contributed by atoms with van der Waals surface area (Å²) in [5.74, 6) is -0.867. The number of aliphatic hydroxyl groups is 2. The third-order valence-electron chi connectivity index (χ3n) is 1.59. The van der Waals surface area contributed by atoms with Crippen LogP contribution in [0.4, 0.5) is 4.39 Å². The van der Waals surface area contributed by atoms with Gasteiger partial charge in [0, 0.05) is 11.8 Å². The molecule has 2 unspecified atom stereocenters. The van der Waals surface area contributed by atoms with Gasteiger partial charge in [-0.1, -0.05) is 11.6 Å². The van der Waals surface area contributed by atoms with Gasteiger partial charge in [-0.3, -0.25) is 0 Å². The van der Waals surface area contributed by atoms with Gasteiger partial charge < -0.3 is 10.2 Å². The van der Waals surface area contributed by atoms with E-state index in [0.717, 1.165) is 12.3 Å². The van der Waals surface area contributed by atoms with Gasteiger partial charge in [0.1, 0.15) is 6.10 Å². The molecule has 74 valence electrons. The number of nitrogens with zero attached hydrogens (tertiary/aromatic N) is 2. The molecule has 1 aromatic heterocycles. The highest BCUT2D eigenvalue weighted by Gasteiger charge is 2.19. The molecule has 1 heterocycles. The number of aromatic nitrogens is 1. The van der Waals surface area contributed by atoms with E-state index in [1.807, 2.05) is 0 Å². The first-order chi connectivity index (χ1) is 6.56. The molecule has 2 N–H and O–H groups in total. The topological polar surface area (TPSA) is 77.1 Å². The van der Waals surface area contributed by atoms with Gasteiger partial charge in [0.2, 0.25) is 5.95 Å². The minimum absolute atomic E-state index is 0.0884. The Bertz CT molecular complexity index is 380. The number of pyridine rings is 1. The number of hydrogen-bond donors (Lipinski definition) is 2. The van der Waals surface area contributed by atoms with Crippen molar-refractivity contribution in [1.82, 2.24) is 4.98 Å². The lowest BCUT2D eigenvalue weighted by Gasteiger charge is -2.11. The van der Waals surface area contributed by atoms with Gasteiger partial charge >= 0.3 is 0 Å². The van der Waals surface area contributed by atoms with Gasteiger partial charge in [0.25, 0.3) is 0 Å². The molecule has 2 atom stereocenters. The van der Waals surface area contributed by atoms with Gasteiger partial charge in [-0.25, -0.2) is 4.98 Å². The average molecular weight is 217 g/mol. The fourth-order valence-corrected chi connectivity index (χ4v) is 1.03. The Kier molecular flexibility index (Phi) is 3.36. The summed E-state index contributed by atoms with van der Waals surface area (Å²) in [7, 11) is 0. The first-order valence-corrected chi connectivity index (χ1v) is 4.00. The number of hydrogen-bond acceptors (Lipinski definition) is 4. The van der Waals surface area contributed by atoms with Crippen LogP contribution in [0.5, 0.6) is 0 Å². The monoisotopic (exact) mass is 216 g/mol. The molecule has 14 heavy (non-hydrogen) atoms. The molecule has 1 aromatic rings. The zero-order valence-electron chi connectivity index (χ0n) is 6.85. The first-order valence-electron chi connectivity index (χ1n) is 3.63. The summed E-state index contributed by atoms with van der Waals surface area (Å²) < 4.78 is 12.6. The van der Waals surface area contributed by atoms with Crippen LogP contribution in [0.3, 0.4) is 0 Å². The van der Waals surface area contributed by atoms with Crippen molar-refractivity contribution in [3.8, 4) is 6.07 Å². The number of aliphatic hydroxyl groups excluding tert-OH is 2. The molecular formula is C8H6ClFN2O2. The Morgan fingerprint density at radius 2 is 2.21 bits per heavy atom. The molecule has 0 aliphatic carbocycles. The van der Waals surface area contributed by atoms with Crippen LogP contribution in [0, 0.1) is 17.3 Å². The van der Waals surface area contributed by atoms with Crippen molar-refractivity contribution < 1.29 is 14.6 Å². The summed E-state index contributed by atoms with van der Waals surface area (Å²) in [4.78, 5) is 3.24. The van der Waals surface area contributed by atoms with Crippen molar-refractivity contribution >= 4 is 11.6 Å². The van der Waals surface area contributed by atoms with Crippen LogP contribution in [0.25, 0.3) is 0 Å². The minimum atomic E-state index is -1.58. The number of halogens is 2. The van der Waals surface area contributed by atoms with E-state index >= 15 is 0 Å². The van der Waals surface area contributed by atoms with Crippen LogP contribution in [-0.4, -0.2) is 21.3 Å². The summed E-state index contributed by atoms with van der Waals surface area (Å²) in [5, 5.41) is 26.3. The Morgan fingerprint density at radius 3 is 2.71 bits per heavy atom. The van der Waals surface area contributed by atoms with Crippen LogP contribution in [0.1, 0.15) is 11.7 Å². The molecule has 6 heteroatoms. The molecule has 1 rings (SSSR count). The molecule has 0 spiro atoms. The normalized spacial score (nSPS) is 14.5. The highest BCUT2D eigenvalue weighted by Crippen LogP contribution is 2.20. The third-order valence-corrected chi connectivity index (χ3v) is 1.86. The van der Waals surface area contributed by atoms with Crippen molar-refractivity contribution in [2.45, 2.75) is 12.2 Å². The Labute approximate surface area is 84.2 Å². The molecule has 0 aliphatic heterocycles.